The van der Waals surface area contributed by atoms with E-state index in [1.54, 1.807) is 0 Å². The minimum Gasteiger partial charge on any atom is -0.301 e. The predicted octanol–water partition coefficient (Wildman–Crippen LogP) is 1.75. The lowest BCUT2D eigenvalue weighted by atomic mass is 10.4. The third kappa shape index (κ3) is 7.17. The van der Waals surface area contributed by atoms with Crippen molar-refractivity contribution in [1.82, 2.24) is 0 Å². The molecule has 0 aromatic rings. The SMILES string of the molecule is C1=CCCC1.CC(=O)OO. The fraction of sp³-hybridized carbons (Fsp3) is 0.571. The van der Waals surface area contributed by atoms with Gasteiger partial charge in [-0.2, -0.15) is 5.26 Å². The van der Waals surface area contributed by atoms with E-state index < -0.39 is 5.97 Å². The van der Waals surface area contributed by atoms with Gasteiger partial charge in [-0.05, 0) is 19.3 Å². The van der Waals surface area contributed by atoms with Crippen molar-refractivity contribution in [3.63, 3.8) is 0 Å². The van der Waals surface area contributed by atoms with E-state index >= 15 is 0 Å². The van der Waals surface area contributed by atoms with E-state index in [1.165, 1.54) is 19.3 Å². The third-order valence-corrected chi connectivity index (χ3v) is 1.04. The van der Waals surface area contributed by atoms with Gasteiger partial charge in [0.1, 0.15) is 0 Å². The monoisotopic (exact) mass is 144 g/mol. The molecule has 0 aromatic heterocycles. The first kappa shape index (κ1) is 9.17. The van der Waals surface area contributed by atoms with Crippen molar-refractivity contribution in [2.45, 2.75) is 26.2 Å². The number of carbonyl (C=O) groups is 1. The smallest absolute Gasteiger partial charge is 0.301 e. The average Bonchev–Trinajstić information content (AvgIpc) is 2.43. The topological polar surface area (TPSA) is 46.5 Å². The molecule has 0 spiro atoms. The summed E-state index contributed by atoms with van der Waals surface area (Å²) >= 11 is 0. The Labute approximate surface area is 60.2 Å². The van der Waals surface area contributed by atoms with E-state index in [0.29, 0.717) is 0 Å². The molecule has 0 saturated heterocycles. The molecule has 0 bridgehead atoms. The second-order valence-electron chi connectivity index (χ2n) is 1.99. The molecule has 0 atom stereocenters. The molecule has 3 nitrogen and oxygen atoms in total. The van der Waals surface area contributed by atoms with E-state index in [-0.39, 0.29) is 0 Å². The lowest BCUT2D eigenvalue weighted by Gasteiger charge is -1.76. The van der Waals surface area contributed by atoms with Gasteiger partial charge in [-0.3, -0.25) is 0 Å². The molecule has 0 radical (unpaired) electrons. The number of allylic oxidation sites excluding steroid dienone is 2. The zero-order valence-corrected chi connectivity index (χ0v) is 6.04. The summed E-state index contributed by atoms with van der Waals surface area (Å²) in [5.41, 5.74) is 0. The fourth-order valence-electron chi connectivity index (χ4n) is 0.589. The van der Waals surface area contributed by atoms with Crippen molar-refractivity contribution in [1.29, 1.82) is 0 Å². The van der Waals surface area contributed by atoms with Crippen LogP contribution in [0.25, 0.3) is 0 Å². The van der Waals surface area contributed by atoms with Crippen LogP contribution in [-0.4, -0.2) is 11.2 Å². The highest BCUT2D eigenvalue weighted by molar-refractivity contribution is 5.64. The van der Waals surface area contributed by atoms with Crippen LogP contribution >= 0.6 is 0 Å². The standard InChI is InChI=1S/C5H8.C2H4O3/c1-2-4-5-3-1;1-2(3)5-4/h1-2H,3-5H2;4H,1H3. The van der Waals surface area contributed by atoms with Crippen molar-refractivity contribution >= 4 is 5.97 Å². The van der Waals surface area contributed by atoms with Crippen molar-refractivity contribution < 1.29 is 14.9 Å². The van der Waals surface area contributed by atoms with E-state index in [9.17, 15) is 4.79 Å². The van der Waals surface area contributed by atoms with Gasteiger partial charge in [-0.1, -0.05) is 12.2 Å². The molecule has 0 fully saturated rings. The van der Waals surface area contributed by atoms with Crippen LogP contribution < -0.4 is 0 Å². The number of hydrogen-bond acceptors (Lipinski definition) is 3. The molecular weight excluding hydrogens is 132 g/mol. The summed E-state index contributed by atoms with van der Waals surface area (Å²) in [5, 5.41) is 7.29. The van der Waals surface area contributed by atoms with Gasteiger partial charge >= 0.3 is 5.97 Å². The number of hydrogen-bond donors (Lipinski definition) is 1. The maximum atomic E-state index is 9.34. The maximum absolute atomic E-state index is 9.34. The van der Waals surface area contributed by atoms with Gasteiger partial charge in [-0.25, -0.2) is 4.79 Å². The van der Waals surface area contributed by atoms with Crippen LogP contribution in [0, 0.1) is 0 Å². The summed E-state index contributed by atoms with van der Waals surface area (Å²) in [6.07, 6.45) is 8.50. The Morgan fingerprint density at radius 1 is 1.50 bits per heavy atom. The molecule has 58 valence electrons. The van der Waals surface area contributed by atoms with Crippen LogP contribution in [0.2, 0.25) is 0 Å². The highest BCUT2D eigenvalue weighted by Gasteiger charge is 1.84. The van der Waals surface area contributed by atoms with Gasteiger partial charge in [0.15, 0.2) is 0 Å². The van der Waals surface area contributed by atoms with Crippen LogP contribution in [0.15, 0.2) is 12.2 Å². The summed E-state index contributed by atoms with van der Waals surface area (Å²) in [5.74, 6) is -0.690. The van der Waals surface area contributed by atoms with E-state index in [4.69, 9.17) is 5.26 Å². The molecule has 0 saturated carbocycles. The van der Waals surface area contributed by atoms with Gasteiger partial charge in [0.05, 0.1) is 0 Å². The molecule has 0 aliphatic heterocycles. The van der Waals surface area contributed by atoms with E-state index in [2.05, 4.69) is 17.0 Å². The van der Waals surface area contributed by atoms with Crippen molar-refractivity contribution in [3.05, 3.63) is 12.2 Å². The van der Waals surface area contributed by atoms with Crippen LogP contribution in [0.1, 0.15) is 26.2 Å². The van der Waals surface area contributed by atoms with Gasteiger partial charge in [0.25, 0.3) is 0 Å². The Bertz CT molecular complexity index is 112. The summed E-state index contributed by atoms with van der Waals surface area (Å²) in [6.45, 7) is 1.11. The third-order valence-electron chi connectivity index (χ3n) is 1.04. The molecule has 1 aliphatic carbocycles. The first-order valence-electron chi connectivity index (χ1n) is 3.24. The van der Waals surface area contributed by atoms with Gasteiger partial charge < -0.3 is 4.89 Å². The van der Waals surface area contributed by atoms with Crippen LogP contribution in [-0.2, 0) is 9.68 Å². The first-order valence-corrected chi connectivity index (χ1v) is 3.24. The highest BCUT2D eigenvalue weighted by Crippen LogP contribution is 2.05. The van der Waals surface area contributed by atoms with Gasteiger partial charge in [0, 0.05) is 6.92 Å². The second-order valence-corrected chi connectivity index (χ2v) is 1.99. The molecular formula is C7H12O3. The normalized spacial score (nSPS) is 13.8. The zero-order valence-electron chi connectivity index (χ0n) is 6.04. The summed E-state index contributed by atoms with van der Waals surface area (Å²) in [4.78, 5) is 12.5. The lowest BCUT2D eigenvalue weighted by molar-refractivity contribution is -0.231. The molecule has 0 aromatic carbocycles. The molecule has 0 heterocycles. The summed E-state index contributed by atoms with van der Waals surface area (Å²) in [6, 6.07) is 0. The Morgan fingerprint density at radius 2 is 1.90 bits per heavy atom. The molecule has 1 rings (SSSR count). The second kappa shape index (κ2) is 6.29. The van der Waals surface area contributed by atoms with E-state index in [1.807, 2.05) is 0 Å². The lowest BCUT2D eigenvalue weighted by Crippen LogP contribution is -1.89. The summed E-state index contributed by atoms with van der Waals surface area (Å²) in [7, 11) is 0. The minimum absolute atomic E-state index is 0.690. The average molecular weight is 144 g/mol. The Kier molecular flexibility index (Phi) is 5.77. The highest BCUT2D eigenvalue weighted by atomic mass is 17.1. The molecule has 10 heavy (non-hydrogen) atoms. The maximum Gasteiger partial charge on any atom is 0.339 e. The number of rotatable bonds is 0. The van der Waals surface area contributed by atoms with Crippen molar-refractivity contribution in [2.24, 2.45) is 0 Å². The van der Waals surface area contributed by atoms with Crippen molar-refractivity contribution in [2.75, 3.05) is 0 Å². The Morgan fingerprint density at radius 3 is 2.00 bits per heavy atom. The molecule has 1 aliphatic rings. The largest absolute Gasteiger partial charge is 0.339 e. The molecule has 0 amide bonds. The Hall–Kier alpha value is -0.830. The van der Waals surface area contributed by atoms with Gasteiger partial charge in [-0.15, -0.1) is 0 Å². The van der Waals surface area contributed by atoms with E-state index in [0.717, 1.165) is 6.92 Å². The minimum atomic E-state index is -0.690. The van der Waals surface area contributed by atoms with Crippen LogP contribution in [0.3, 0.4) is 0 Å². The fourth-order valence-corrected chi connectivity index (χ4v) is 0.589. The Balaban J connectivity index is 0.000000162. The van der Waals surface area contributed by atoms with Gasteiger partial charge in [0.2, 0.25) is 0 Å². The number of carbonyl (C=O) groups excluding carboxylic acids is 1. The van der Waals surface area contributed by atoms with Crippen LogP contribution in [0.4, 0.5) is 0 Å². The first-order chi connectivity index (χ1) is 4.77. The molecule has 3 heteroatoms. The molecule has 1 N–H and O–H groups in total. The molecule has 0 unspecified atom stereocenters. The summed E-state index contributed by atoms with van der Waals surface area (Å²) < 4.78 is 0. The van der Waals surface area contributed by atoms with Crippen LogP contribution in [0.5, 0.6) is 0 Å². The zero-order chi connectivity index (χ0) is 7.82. The van der Waals surface area contributed by atoms with Crippen molar-refractivity contribution in [3.8, 4) is 0 Å². The quantitative estimate of drug-likeness (QED) is 0.320. The predicted molar refractivity (Wildman–Crippen MR) is 37.4 cm³/mol.